The normalized spacial score (nSPS) is 18.1. The third-order valence-electron chi connectivity index (χ3n) is 20.2. The number of aliphatic hydroxyl groups excluding tert-OH is 2. The Kier molecular flexibility index (Phi) is 46.9. The van der Waals surface area contributed by atoms with Crippen LogP contribution in [-0.4, -0.2) is 356 Å². The van der Waals surface area contributed by atoms with Crippen LogP contribution in [0.1, 0.15) is 74.5 Å². The number of likely N-dealkylation sites (N-methyl/N-ethyl adjacent to an activating group) is 1. The van der Waals surface area contributed by atoms with Gasteiger partial charge in [-0.25, -0.2) is 43.0 Å². The molecule has 17 N–H and O–H groups in total. The van der Waals surface area contributed by atoms with Crippen molar-refractivity contribution in [2.45, 2.75) is 92.4 Å². The molecule has 3 aromatic carbocycles. The monoisotopic (exact) mass is 2150 g/mol. The zero-order chi connectivity index (χ0) is 103. The Balaban J connectivity index is 0.585. The van der Waals surface area contributed by atoms with Gasteiger partial charge >= 0.3 is 47.5 Å². The lowest BCUT2D eigenvalue weighted by molar-refractivity contribution is -0.140. The van der Waals surface area contributed by atoms with Crippen molar-refractivity contribution in [2.75, 3.05) is 213 Å². The van der Waals surface area contributed by atoms with E-state index >= 15 is 0 Å². The number of carboxylic acids is 2. The fraction of sp³-hybridized carbons (Fsp3) is 0.524. The molecule has 0 saturated carbocycles. The van der Waals surface area contributed by atoms with E-state index in [2.05, 4.69) is 60.7 Å². The molecular weight excluding hydrogens is 2040 g/mol. The number of phosphoric ester groups is 3. The van der Waals surface area contributed by atoms with Crippen LogP contribution >= 0.6 is 66.6 Å². The quantitative estimate of drug-likeness (QED) is 0.0112. The highest BCUT2D eigenvalue weighted by molar-refractivity contribution is 8.78. The van der Waals surface area contributed by atoms with Crippen LogP contribution in [0.15, 0.2) is 86.4 Å². The second kappa shape index (κ2) is 58.4. The number of hydrogen-bond donors (Lipinski definition) is 15. The number of hydrogen-bond acceptors (Lipinski definition) is 45. The number of esters is 1. The lowest BCUT2D eigenvalue weighted by Gasteiger charge is -2.28. The van der Waals surface area contributed by atoms with Crippen molar-refractivity contribution in [1.29, 1.82) is 0 Å². The zero-order valence-electron chi connectivity index (χ0n) is 77.4. The first-order valence-corrected chi connectivity index (χ1v) is 53.0. The Morgan fingerprint density at radius 1 is 0.650 bits per heavy atom. The minimum absolute atomic E-state index is 0.00616. The summed E-state index contributed by atoms with van der Waals surface area (Å²) >= 11 is 0. The lowest BCUT2D eigenvalue weighted by Crippen LogP contribution is -2.41. The molecule has 4 aromatic heterocycles. The van der Waals surface area contributed by atoms with Crippen LogP contribution in [0, 0.1) is 0 Å². The van der Waals surface area contributed by atoms with Crippen LogP contribution in [-0.2, 0) is 148 Å². The summed E-state index contributed by atoms with van der Waals surface area (Å²) in [5.41, 5.74) is 11.1. The highest BCUT2D eigenvalue weighted by Gasteiger charge is 2.46. The van der Waals surface area contributed by atoms with Crippen LogP contribution < -0.4 is 53.3 Å². The number of ether oxygens (including phenoxy) is 11. The Morgan fingerprint density at radius 2 is 1.23 bits per heavy atom. The molecule has 7 aromatic rings. The molecule has 2 fully saturated rings. The Morgan fingerprint density at radius 3 is 1.83 bits per heavy atom. The van der Waals surface area contributed by atoms with Crippen molar-refractivity contribution in [1.82, 2.24) is 66.0 Å². The molecule has 3 aliphatic rings. The van der Waals surface area contributed by atoms with Crippen LogP contribution in [0.4, 0.5) is 22.4 Å². The number of nitrogens with two attached hydrogens (primary N) is 2. The molecule has 0 radical (unpaired) electrons. The van der Waals surface area contributed by atoms with E-state index in [-0.39, 0.29) is 231 Å². The average molecular weight is 2150 g/mol. The molecule has 3 aliphatic heterocycles. The first-order chi connectivity index (χ1) is 68.5. The van der Waals surface area contributed by atoms with E-state index in [1.807, 2.05) is 6.92 Å². The van der Waals surface area contributed by atoms with Crippen molar-refractivity contribution in [3.63, 3.8) is 0 Å². The third kappa shape index (κ3) is 38.1. The number of aliphatic hydroxyl groups is 2. The van der Waals surface area contributed by atoms with Crippen LogP contribution in [0.2, 0.25) is 0 Å². The number of aliphatic carboxylic acids is 2. The summed E-state index contributed by atoms with van der Waals surface area (Å²) in [6.07, 6.45) is -3.29. The minimum Gasteiger partial charge on any atom is -0.481 e. The van der Waals surface area contributed by atoms with Gasteiger partial charge in [-0.2, -0.15) is 4.98 Å². The Hall–Kier alpha value is -9.98. The van der Waals surface area contributed by atoms with Crippen molar-refractivity contribution in [3.8, 4) is 5.75 Å². The van der Waals surface area contributed by atoms with Gasteiger partial charge in [0, 0.05) is 86.1 Å². The van der Waals surface area contributed by atoms with Gasteiger partial charge in [0.25, 0.3) is 22.9 Å². The van der Waals surface area contributed by atoms with E-state index in [9.17, 15) is 96.6 Å². The van der Waals surface area contributed by atoms with Crippen molar-refractivity contribution in [3.05, 3.63) is 127 Å². The summed E-state index contributed by atoms with van der Waals surface area (Å²) in [4.78, 5) is 189. The van der Waals surface area contributed by atoms with Crippen molar-refractivity contribution < 1.29 is 171 Å². The number of carbonyl (C=O) groups is 9. The van der Waals surface area contributed by atoms with E-state index in [1.165, 1.54) is 89.2 Å². The van der Waals surface area contributed by atoms with Crippen molar-refractivity contribution in [2.24, 2.45) is 0 Å². The van der Waals surface area contributed by atoms with Gasteiger partial charge in [-0.05, 0) is 78.6 Å². The minimum atomic E-state index is -5.02. The number of amides is 6. The first-order valence-electron chi connectivity index (χ1n) is 44.0. The van der Waals surface area contributed by atoms with E-state index in [0.717, 1.165) is 32.7 Å². The molecule has 7 heterocycles. The molecule has 54 nitrogen and oxygen atoms in total. The van der Waals surface area contributed by atoms with Crippen molar-refractivity contribution >= 4 is 160 Å². The molecule has 6 amide bonds. The number of aromatic nitrogens is 7. The van der Waals surface area contributed by atoms with E-state index in [0.29, 0.717) is 46.3 Å². The number of carboxylic acid groups (broad SMARTS) is 2. The van der Waals surface area contributed by atoms with Gasteiger partial charge in [-0.15, -0.1) is 0 Å². The summed E-state index contributed by atoms with van der Waals surface area (Å²) in [6, 6.07) is 8.65. The van der Waals surface area contributed by atoms with E-state index < -0.39 is 164 Å². The van der Waals surface area contributed by atoms with Gasteiger partial charge in [0.1, 0.15) is 59.6 Å². The number of anilines is 3. The molecule has 6 atom stereocenters. The number of carbonyl (C=O) groups excluding carboxylic acids is 7. The summed E-state index contributed by atoms with van der Waals surface area (Å²) in [5.74, 6) is -7.40. The molecular formula is C82H111N16O38P3S4. The van der Waals surface area contributed by atoms with E-state index in [1.54, 1.807) is 17.0 Å². The van der Waals surface area contributed by atoms with Gasteiger partial charge in [0.15, 0.2) is 17.8 Å². The number of H-pyrrole nitrogens is 3. The number of rotatable bonds is 63. The topological polar surface area (TPSA) is 735 Å². The number of aromatic amines is 3. The second-order valence-corrected chi connectivity index (χ2v) is 40.0. The number of nitrogen functional groups attached to an aromatic ring is 2. The fourth-order valence-corrected chi connectivity index (χ4v) is 20.5. The highest BCUT2D eigenvalue weighted by atomic mass is 33.1. The predicted molar refractivity (Wildman–Crippen MR) is 508 cm³/mol. The standard InChI is InChI=1S/C82H111N16O38P3S4/c1-4-119-21-22-124-31-32-127-45-66(102)97(16-20-123-26-30-126-28-24-121-18-14-86-64(100)47-140-142-61-34-51-40-130-138(117,131-41-52(51)35-62(61)143-141-48-67(103)104)134-44-59-72(105)73(106)69(90-59)57-37-87-70-68(57)92-80(83)94-76(70)108)15-19-122-25-29-125-27-23-120-17-13-85-63(99)12-10-58(78(110)111)91-75(107)50-6-8-54(9-7-50)98(38-53-36-88-74-71(89-53)77(109)95-81(84)93-74)82(113)129-39-49-5-11-60(56(33-49)79(112)128-46-65(101)96(2)3)136-139(118)132-42-55(43-133-139)135-137(114,115)116/h5-9,11,33-37,55,58-59,69,72-73,87,90,105-106H,4,10,12-32,38-48H2,1-3H3,(H,85,99)(H,86,100)(H,91,107)(H,103,104)(H,110,111)(H2,114,115,116)(H3,83,92,94,108)(H3,84,88,93,95,109). The average Bonchev–Trinajstić information content (AvgIpc) is 1.57. The molecule has 0 spiro atoms. The smallest absolute Gasteiger partial charge is 0.481 e. The summed E-state index contributed by atoms with van der Waals surface area (Å²) in [6.45, 7) is 2.08. The number of nitrogens with zero attached hydrogens (tertiary/aromatic N) is 7. The molecule has 0 bridgehead atoms. The maximum absolute atomic E-state index is 14.3. The van der Waals surface area contributed by atoms with Gasteiger partial charge in [-0.3, -0.25) is 80.4 Å². The van der Waals surface area contributed by atoms with Gasteiger partial charge in [-0.1, -0.05) is 49.2 Å². The maximum atomic E-state index is 14.3. The van der Waals surface area contributed by atoms with Crippen LogP contribution in [0.3, 0.4) is 0 Å². The molecule has 0 aliphatic carbocycles. The van der Waals surface area contributed by atoms with E-state index in [4.69, 9.17) is 90.7 Å². The van der Waals surface area contributed by atoms with Crippen LogP contribution in [0.25, 0.3) is 22.2 Å². The fourth-order valence-electron chi connectivity index (χ4n) is 13.0. The third-order valence-corrected chi connectivity index (χ3v) is 28.1. The summed E-state index contributed by atoms with van der Waals surface area (Å²) in [7, 11) is -6.36. The van der Waals surface area contributed by atoms with Gasteiger partial charge in [0.05, 0.1) is 181 Å². The van der Waals surface area contributed by atoms with Gasteiger partial charge < -0.3 is 134 Å². The SMILES string of the molecule is CCOCCOCCOCC(=O)N(CCOCCOCCOCCNC(=O)CCC(NC(=O)c1ccc(N(Cc2cnc3nc(N)[nH]c(=O)c3n2)C(=O)OCc2ccc(OP3(=O)OCC(OP(=O)(O)O)CO3)c(C(=O)OCC(=O)N(C)C)c2)cc1)C(=O)O)CCOCCOCCOCCNC(=O)CSSc1cc2c(cc1SSCC(=O)O)COP(=O)(OCC1NC(c3c[nH]c4c(=O)[nH]c(N)nc34)C(O)C1O)OC2. The lowest BCUT2D eigenvalue weighted by atomic mass is 10.0. The second-order valence-electron chi connectivity index (χ2n) is 30.8. The maximum Gasteiger partial charge on any atom is 0.530 e. The molecule has 10 rings (SSSR count). The van der Waals surface area contributed by atoms with Crippen LogP contribution in [0.5, 0.6) is 5.75 Å². The van der Waals surface area contributed by atoms with Gasteiger partial charge in [0.2, 0.25) is 29.6 Å². The number of fused-ring (bicyclic) bond motifs is 3. The molecule has 6 unspecified atom stereocenters. The predicted octanol–water partition coefficient (Wildman–Crippen LogP) is 2.11. The Labute approximate surface area is 830 Å². The Bertz CT molecular complexity index is 5710. The highest BCUT2D eigenvalue weighted by Crippen LogP contribution is 2.56. The summed E-state index contributed by atoms with van der Waals surface area (Å²) in [5, 5.41) is 52.3. The first kappa shape index (κ1) is 115. The molecule has 61 heteroatoms. The number of phosphoric acid groups is 3. The molecule has 143 heavy (non-hydrogen) atoms. The summed E-state index contributed by atoms with van der Waals surface area (Å²) < 4.78 is 137. The molecule has 2 saturated heterocycles. The zero-order valence-corrected chi connectivity index (χ0v) is 83.3. The number of nitrogens with one attached hydrogen (secondary N) is 7. The number of benzene rings is 3. The molecule has 786 valence electrons. The largest absolute Gasteiger partial charge is 0.530 e.